The van der Waals surface area contributed by atoms with Gasteiger partial charge in [-0.3, -0.25) is 4.79 Å². The molecular formula is C31H35NO5. The van der Waals surface area contributed by atoms with Gasteiger partial charge in [0.25, 0.3) is 0 Å². The highest BCUT2D eigenvalue weighted by Gasteiger charge is 2.43. The Hall–Kier alpha value is -3.38. The van der Waals surface area contributed by atoms with E-state index in [2.05, 4.69) is 19.2 Å². The number of allylic oxidation sites excluding steroid dienone is 3. The number of dihydropyridines is 1. The number of hydrogen-bond donors (Lipinski definition) is 1. The number of Topliss-reactive ketones (excluding diaryl/α,β-unsaturated/α-hetero) is 1. The molecule has 0 bridgehead atoms. The third-order valence-electron chi connectivity index (χ3n) is 7.32. The number of carbonyl (C=O) groups excluding carboxylic acids is 2. The van der Waals surface area contributed by atoms with Crippen LogP contribution in [0.25, 0.3) is 0 Å². The molecule has 1 N–H and O–H groups in total. The number of rotatable bonds is 7. The Balaban J connectivity index is 1.47. The van der Waals surface area contributed by atoms with Crippen molar-refractivity contribution < 1.29 is 23.8 Å². The zero-order chi connectivity index (χ0) is 26.0. The first kappa shape index (κ1) is 25.3. The number of nitrogens with one attached hydrogen (secondary N) is 1. The summed E-state index contributed by atoms with van der Waals surface area (Å²) in [7, 11) is 0. The maximum Gasteiger partial charge on any atom is 0.336 e. The molecule has 1 saturated heterocycles. The lowest BCUT2D eigenvalue weighted by atomic mass is 9.68. The van der Waals surface area contributed by atoms with Crippen molar-refractivity contribution in [3.05, 3.63) is 88.3 Å². The molecule has 2 heterocycles. The summed E-state index contributed by atoms with van der Waals surface area (Å²) in [6.07, 6.45) is 2.97. The molecular weight excluding hydrogens is 466 g/mol. The van der Waals surface area contributed by atoms with Gasteiger partial charge in [0, 0.05) is 35.9 Å². The molecule has 1 aliphatic carbocycles. The number of hydrogen-bond acceptors (Lipinski definition) is 6. The SMILES string of the molecule is CC1=C(C(=O)OC[C@H]2CCCO2)[C@@H](c2cccc(OCc3ccccc3)c2)C2=C(CC(C)(C)CC2=O)N1. The standard InChI is InChI=1S/C31H35NO5/c1-20-27(30(34)37-19-24-13-8-14-35-24)28(29-25(32-20)16-31(2,3)17-26(29)33)22-11-7-12-23(15-22)36-18-21-9-5-4-6-10-21/h4-7,9-12,15,24,28,32H,8,13-14,16-19H2,1-3H3/t24-,28-/m1/s1. The molecule has 0 radical (unpaired) electrons. The van der Waals surface area contributed by atoms with Crippen molar-refractivity contribution in [2.45, 2.75) is 65.1 Å². The Morgan fingerprint density at radius 2 is 1.92 bits per heavy atom. The van der Waals surface area contributed by atoms with Gasteiger partial charge in [-0.1, -0.05) is 56.3 Å². The van der Waals surface area contributed by atoms with E-state index in [1.807, 2.05) is 61.5 Å². The molecule has 0 amide bonds. The van der Waals surface area contributed by atoms with E-state index in [0.717, 1.165) is 41.8 Å². The number of ketones is 1. The van der Waals surface area contributed by atoms with Crippen LogP contribution < -0.4 is 10.1 Å². The fourth-order valence-corrected chi connectivity index (χ4v) is 5.59. The lowest BCUT2D eigenvalue weighted by molar-refractivity contribution is -0.142. The maximum atomic E-state index is 13.5. The molecule has 3 aliphatic rings. The van der Waals surface area contributed by atoms with Gasteiger partial charge in [0.15, 0.2) is 5.78 Å². The van der Waals surface area contributed by atoms with E-state index in [1.54, 1.807) is 0 Å². The van der Waals surface area contributed by atoms with E-state index in [9.17, 15) is 9.59 Å². The molecule has 0 saturated carbocycles. The lowest BCUT2D eigenvalue weighted by Crippen LogP contribution is -2.39. The number of ether oxygens (including phenoxy) is 3. The first-order valence-electron chi connectivity index (χ1n) is 13.1. The maximum absolute atomic E-state index is 13.5. The second-order valence-corrected chi connectivity index (χ2v) is 11.0. The van der Waals surface area contributed by atoms with Crippen LogP contribution in [0.5, 0.6) is 5.75 Å². The van der Waals surface area contributed by atoms with E-state index < -0.39 is 11.9 Å². The second-order valence-electron chi connectivity index (χ2n) is 11.0. The van der Waals surface area contributed by atoms with Gasteiger partial charge in [0.2, 0.25) is 0 Å². The molecule has 0 unspecified atom stereocenters. The van der Waals surface area contributed by atoms with Crippen molar-refractivity contribution in [3.8, 4) is 5.75 Å². The van der Waals surface area contributed by atoms with Crippen molar-refractivity contribution in [1.82, 2.24) is 5.32 Å². The second kappa shape index (κ2) is 10.5. The number of benzene rings is 2. The molecule has 6 heteroatoms. The fourth-order valence-electron chi connectivity index (χ4n) is 5.59. The normalized spacial score (nSPS) is 22.9. The Labute approximate surface area is 218 Å². The van der Waals surface area contributed by atoms with E-state index in [4.69, 9.17) is 14.2 Å². The van der Waals surface area contributed by atoms with Crippen LogP contribution in [0.3, 0.4) is 0 Å². The monoisotopic (exact) mass is 501 g/mol. The topological polar surface area (TPSA) is 73.9 Å². The van der Waals surface area contributed by atoms with Gasteiger partial charge in [-0.25, -0.2) is 4.79 Å². The van der Waals surface area contributed by atoms with Crippen molar-refractivity contribution in [3.63, 3.8) is 0 Å². The summed E-state index contributed by atoms with van der Waals surface area (Å²) >= 11 is 0. The van der Waals surface area contributed by atoms with Gasteiger partial charge in [0.05, 0.1) is 11.7 Å². The van der Waals surface area contributed by atoms with E-state index in [0.29, 0.717) is 36.5 Å². The molecule has 2 atom stereocenters. The highest BCUT2D eigenvalue weighted by Crippen LogP contribution is 2.47. The Morgan fingerprint density at radius 3 is 2.68 bits per heavy atom. The molecule has 2 aromatic carbocycles. The molecule has 2 aliphatic heterocycles. The summed E-state index contributed by atoms with van der Waals surface area (Å²) in [5.41, 5.74) is 4.53. The smallest absolute Gasteiger partial charge is 0.336 e. The van der Waals surface area contributed by atoms with Crippen LogP contribution in [0.1, 0.15) is 63.5 Å². The van der Waals surface area contributed by atoms with Gasteiger partial charge in [0.1, 0.15) is 19.0 Å². The minimum atomic E-state index is -0.517. The highest BCUT2D eigenvalue weighted by molar-refractivity contribution is 6.04. The zero-order valence-corrected chi connectivity index (χ0v) is 21.8. The molecule has 2 aromatic rings. The quantitative estimate of drug-likeness (QED) is 0.499. The first-order valence-corrected chi connectivity index (χ1v) is 13.1. The third kappa shape index (κ3) is 5.64. The van der Waals surface area contributed by atoms with E-state index in [1.165, 1.54) is 0 Å². The largest absolute Gasteiger partial charge is 0.489 e. The average molecular weight is 502 g/mol. The van der Waals surface area contributed by atoms with E-state index >= 15 is 0 Å². The lowest BCUT2D eigenvalue weighted by Gasteiger charge is -2.39. The van der Waals surface area contributed by atoms with Gasteiger partial charge in [-0.2, -0.15) is 0 Å². The van der Waals surface area contributed by atoms with Crippen LogP contribution in [0, 0.1) is 5.41 Å². The summed E-state index contributed by atoms with van der Waals surface area (Å²) in [5.74, 6) is -0.172. The van der Waals surface area contributed by atoms with Crippen LogP contribution >= 0.6 is 0 Å². The summed E-state index contributed by atoms with van der Waals surface area (Å²) in [6.45, 7) is 7.45. The van der Waals surface area contributed by atoms with Gasteiger partial charge >= 0.3 is 5.97 Å². The van der Waals surface area contributed by atoms with Crippen molar-refractivity contribution in [2.75, 3.05) is 13.2 Å². The Morgan fingerprint density at radius 1 is 1.11 bits per heavy atom. The summed E-state index contributed by atoms with van der Waals surface area (Å²) in [4.78, 5) is 27.1. The van der Waals surface area contributed by atoms with Gasteiger partial charge in [-0.15, -0.1) is 0 Å². The molecule has 1 fully saturated rings. The minimum Gasteiger partial charge on any atom is -0.489 e. The zero-order valence-electron chi connectivity index (χ0n) is 21.8. The van der Waals surface area contributed by atoms with Crippen LogP contribution in [0.4, 0.5) is 0 Å². The summed E-state index contributed by atoms with van der Waals surface area (Å²) in [5, 5.41) is 3.40. The predicted molar refractivity (Wildman–Crippen MR) is 141 cm³/mol. The summed E-state index contributed by atoms with van der Waals surface area (Å²) in [6, 6.07) is 17.7. The summed E-state index contributed by atoms with van der Waals surface area (Å²) < 4.78 is 17.5. The molecule has 5 rings (SSSR count). The van der Waals surface area contributed by atoms with Crippen molar-refractivity contribution in [2.24, 2.45) is 5.41 Å². The van der Waals surface area contributed by atoms with Crippen LogP contribution in [-0.2, 0) is 25.7 Å². The Bertz CT molecular complexity index is 1240. The first-order chi connectivity index (χ1) is 17.8. The average Bonchev–Trinajstić information content (AvgIpc) is 3.39. The fraction of sp³-hybridized carbons (Fsp3) is 0.419. The highest BCUT2D eigenvalue weighted by atomic mass is 16.6. The molecule has 0 aromatic heterocycles. The minimum absolute atomic E-state index is 0.0660. The van der Waals surface area contributed by atoms with Crippen LogP contribution in [-0.4, -0.2) is 31.1 Å². The molecule has 0 spiro atoms. The van der Waals surface area contributed by atoms with Gasteiger partial charge < -0.3 is 19.5 Å². The van der Waals surface area contributed by atoms with Crippen molar-refractivity contribution in [1.29, 1.82) is 0 Å². The van der Waals surface area contributed by atoms with Gasteiger partial charge in [-0.05, 0) is 54.9 Å². The predicted octanol–water partition coefficient (Wildman–Crippen LogP) is 5.59. The molecule has 37 heavy (non-hydrogen) atoms. The number of esters is 1. The van der Waals surface area contributed by atoms with Crippen molar-refractivity contribution >= 4 is 11.8 Å². The molecule has 194 valence electrons. The Kier molecular flexibility index (Phi) is 7.20. The van der Waals surface area contributed by atoms with Crippen LogP contribution in [0.15, 0.2) is 77.1 Å². The molecule has 6 nitrogen and oxygen atoms in total. The van der Waals surface area contributed by atoms with E-state index in [-0.39, 0.29) is 23.9 Å². The number of carbonyl (C=O) groups is 2. The van der Waals surface area contributed by atoms with Crippen LogP contribution in [0.2, 0.25) is 0 Å². The third-order valence-corrected chi connectivity index (χ3v) is 7.32.